The molecule has 0 saturated carbocycles. The van der Waals surface area contributed by atoms with Crippen molar-refractivity contribution in [2.24, 2.45) is 16.9 Å². The lowest BCUT2D eigenvalue weighted by Gasteiger charge is -2.21. The quantitative estimate of drug-likeness (QED) is 0.770. The number of hydrogen-bond donors (Lipinski definition) is 3. The Morgan fingerprint density at radius 3 is 2.50 bits per heavy atom. The summed E-state index contributed by atoms with van der Waals surface area (Å²) in [4.78, 5) is 23.0. The first-order chi connectivity index (χ1) is 8.27. The van der Waals surface area contributed by atoms with E-state index in [0.29, 0.717) is 10.7 Å². The van der Waals surface area contributed by atoms with Crippen molar-refractivity contribution in [1.82, 2.24) is 0 Å². The molecule has 0 fully saturated rings. The molecule has 5 nitrogen and oxygen atoms in total. The summed E-state index contributed by atoms with van der Waals surface area (Å²) in [5.41, 5.74) is 10.6. The number of benzene rings is 1. The van der Waals surface area contributed by atoms with Crippen molar-refractivity contribution in [2.75, 3.05) is 11.9 Å². The van der Waals surface area contributed by atoms with Gasteiger partial charge in [-0.1, -0.05) is 11.6 Å². The molecule has 2 amide bonds. The summed E-state index contributed by atoms with van der Waals surface area (Å²) in [6, 6.07) is 4.44. The van der Waals surface area contributed by atoms with Crippen molar-refractivity contribution in [3.8, 4) is 0 Å². The molecule has 0 aliphatic rings. The second-order valence-corrected chi connectivity index (χ2v) is 5.01. The number of nitrogens with one attached hydrogen (secondary N) is 1. The smallest absolute Gasteiger partial charge is 0.248 e. The van der Waals surface area contributed by atoms with Crippen LogP contribution in [0.3, 0.4) is 0 Å². The van der Waals surface area contributed by atoms with Crippen LogP contribution in [0.1, 0.15) is 24.2 Å². The van der Waals surface area contributed by atoms with Gasteiger partial charge < -0.3 is 16.8 Å². The fourth-order valence-corrected chi connectivity index (χ4v) is 1.32. The maximum Gasteiger partial charge on any atom is 0.248 e. The third-order valence-corrected chi connectivity index (χ3v) is 2.95. The van der Waals surface area contributed by atoms with Gasteiger partial charge in [0.15, 0.2) is 0 Å². The van der Waals surface area contributed by atoms with Gasteiger partial charge in [-0.2, -0.15) is 0 Å². The number of carbonyl (C=O) groups excluding carboxylic acids is 2. The van der Waals surface area contributed by atoms with Gasteiger partial charge in [-0.25, -0.2) is 0 Å². The number of rotatable bonds is 4. The molecule has 1 aromatic carbocycles. The molecule has 0 bridgehead atoms. The Kier molecular flexibility index (Phi) is 4.32. The number of halogens is 1. The lowest BCUT2D eigenvalue weighted by molar-refractivity contribution is -0.123. The molecule has 18 heavy (non-hydrogen) atoms. The van der Waals surface area contributed by atoms with E-state index in [-0.39, 0.29) is 18.0 Å². The highest BCUT2D eigenvalue weighted by molar-refractivity contribution is 6.34. The first kappa shape index (κ1) is 14.5. The van der Waals surface area contributed by atoms with Gasteiger partial charge in [0.25, 0.3) is 0 Å². The molecule has 1 rings (SSSR count). The third kappa shape index (κ3) is 3.21. The molecule has 5 N–H and O–H groups in total. The van der Waals surface area contributed by atoms with Crippen molar-refractivity contribution in [1.29, 1.82) is 0 Å². The van der Waals surface area contributed by atoms with E-state index >= 15 is 0 Å². The van der Waals surface area contributed by atoms with Gasteiger partial charge in [0.1, 0.15) is 0 Å². The zero-order chi connectivity index (χ0) is 13.9. The van der Waals surface area contributed by atoms with Gasteiger partial charge in [-0.15, -0.1) is 0 Å². The molecule has 0 radical (unpaired) electrons. The zero-order valence-electron chi connectivity index (χ0n) is 10.3. The fraction of sp³-hybridized carbons (Fsp3) is 0.333. The van der Waals surface area contributed by atoms with Gasteiger partial charge in [0.2, 0.25) is 11.8 Å². The van der Waals surface area contributed by atoms with Crippen LogP contribution < -0.4 is 16.8 Å². The molecule has 0 saturated heterocycles. The van der Waals surface area contributed by atoms with E-state index < -0.39 is 11.3 Å². The third-order valence-electron chi connectivity index (χ3n) is 2.62. The molecule has 0 aromatic heterocycles. The van der Waals surface area contributed by atoms with Gasteiger partial charge in [0, 0.05) is 12.1 Å². The number of nitrogens with two attached hydrogens (primary N) is 2. The first-order valence-electron chi connectivity index (χ1n) is 5.39. The summed E-state index contributed by atoms with van der Waals surface area (Å²) >= 11 is 5.94. The lowest BCUT2D eigenvalue weighted by Crippen LogP contribution is -2.37. The Morgan fingerprint density at radius 1 is 1.39 bits per heavy atom. The van der Waals surface area contributed by atoms with Gasteiger partial charge in [-0.05, 0) is 32.0 Å². The van der Waals surface area contributed by atoms with Crippen LogP contribution in [0.15, 0.2) is 18.2 Å². The van der Waals surface area contributed by atoms with Crippen LogP contribution in [0.4, 0.5) is 5.69 Å². The molecular weight excluding hydrogens is 254 g/mol. The van der Waals surface area contributed by atoms with Crippen molar-refractivity contribution in [3.05, 3.63) is 28.8 Å². The summed E-state index contributed by atoms with van der Waals surface area (Å²) in [7, 11) is 0. The highest BCUT2D eigenvalue weighted by Crippen LogP contribution is 2.25. The van der Waals surface area contributed by atoms with Crippen molar-refractivity contribution in [2.45, 2.75) is 13.8 Å². The van der Waals surface area contributed by atoms with Crippen molar-refractivity contribution in [3.63, 3.8) is 0 Å². The van der Waals surface area contributed by atoms with Crippen LogP contribution in [0.25, 0.3) is 0 Å². The van der Waals surface area contributed by atoms with Crippen molar-refractivity contribution < 1.29 is 9.59 Å². The molecule has 0 aliphatic carbocycles. The van der Waals surface area contributed by atoms with E-state index in [2.05, 4.69) is 5.32 Å². The highest BCUT2D eigenvalue weighted by atomic mass is 35.5. The summed E-state index contributed by atoms with van der Waals surface area (Å²) in [6.07, 6.45) is 0. The van der Waals surface area contributed by atoms with E-state index in [1.165, 1.54) is 18.2 Å². The van der Waals surface area contributed by atoms with Gasteiger partial charge in [0.05, 0.1) is 16.1 Å². The number of primary amides is 1. The average molecular weight is 270 g/mol. The maximum atomic E-state index is 11.9. The largest absolute Gasteiger partial charge is 0.366 e. The van der Waals surface area contributed by atoms with E-state index in [0.717, 1.165) is 0 Å². The Bertz CT molecular complexity index is 486. The minimum Gasteiger partial charge on any atom is -0.366 e. The second kappa shape index (κ2) is 5.37. The normalized spacial score (nSPS) is 11.1. The number of carbonyl (C=O) groups is 2. The number of amides is 2. The van der Waals surface area contributed by atoms with E-state index in [1.54, 1.807) is 13.8 Å². The molecule has 1 aromatic rings. The summed E-state index contributed by atoms with van der Waals surface area (Å²) in [5.74, 6) is -0.853. The van der Waals surface area contributed by atoms with Crippen LogP contribution in [0.2, 0.25) is 5.02 Å². The summed E-state index contributed by atoms with van der Waals surface area (Å²) in [5, 5.41) is 2.97. The summed E-state index contributed by atoms with van der Waals surface area (Å²) in [6.45, 7) is 3.63. The van der Waals surface area contributed by atoms with Gasteiger partial charge in [-0.3, -0.25) is 9.59 Å². The molecule has 0 unspecified atom stereocenters. The Labute approximate surface area is 110 Å². The Balaban J connectivity index is 3.01. The molecule has 0 heterocycles. The maximum absolute atomic E-state index is 11.9. The number of hydrogen-bond acceptors (Lipinski definition) is 3. The molecular formula is C12H16ClN3O2. The van der Waals surface area contributed by atoms with Crippen LogP contribution in [0, 0.1) is 5.41 Å². The molecule has 98 valence electrons. The Hall–Kier alpha value is -1.59. The highest BCUT2D eigenvalue weighted by Gasteiger charge is 2.26. The molecule has 0 aliphatic heterocycles. The molecule has 0 atom stereocenters. The predicted octanol–water partition coefficient (Wildman–Crippen LogP) is 1.36. The van der Waals surface area contributed by atoms with E-state index in [1.807, 2.05) is 0 Å². The SMILES string of the molecule is CC(C)(CN)C(=O)Nc1cc(C(N)=O)ccc1Cl. The minimum absolute atomic E-state index is 0.200. The Morgan fingerprint density at radius 2 is 2.00 bits per heavy atom. The van der Waals surface area contributed by atoms with Crippen molar-refractivity contribution >= 4 is 29.1 Å². The predicted molar refractivity (Wildman–Crippen MR) is 71.4 cm³/mol. The van der Waals surface area contributed by atoms with Crippen LogP contribution in [-0.4, -0.2) is 18.4 Å². The minimum atomic E-state index is -0.716. The van der Waals surface area contributed by atoms with Crippen LogP contribution >= 0.6 is 11.6 Å². The standard InChI is InChI=1S/C12H16ClN3O2/c1-12(2,6-14)11(18)16-9-5-7(10(15)17)3-4-8(9)13/h3-5H,6,14H2,1-2H3,(H2,15,17)(H,16,18). The van der Waals surface area contributed by atoms with E-state index in [9.17, 15) is 9.59 Å². The van der Waals surface area contributed by atoms with Crippen LogP contribution in [-0.2, 0) is 4.79 Å². The average Bonchev–Trinajstić information content (AvgIpc) is 2.31. The van der Waals surface area contributed by atoms with E-state index in [4.69, 9.17) is 23.1 Å². The lowest BCUT2D eigenvalue weighted by atomic mass is 9.92. The number of anilines is 1. The second-order valence-electron chi connectivity index (χ2n) is 4.60. The molecule has 6 heteroatoms. The first-order valence-corrected chi connectivity index (χ1v) is 5.76. The monoisotopic (exact) mass is 269 g/mol. The topological polar surface area (TPSA) is 98.2 Å². The van der Waals surface area contributed by atoms with Gasteiger partial charge >= 0.3 is 0 Å². The fourth-order valence-electron chi connectivity index (χ4n) is 1.16. The van der Waals surface area contributed by atoms with Crippen LogP contribution in [0.5, 0.6) is 0 Å². The summed E-state index contributed by atoms with van der Waals surface area (Å²) < 4.78 is 0. The zero-order valence-corrected chi connectivity index (χ0v) is 11.0. The molecule has 0 spiro atoms.